The van der Waals surface area contributed by atoms with Crippen LogP contribution in [-0.2, 0) is 4.79 Å². The maximum atomic E-state index is 12.1. The van der Waals surface area contributed by atoms with Crippen molar-refractivity contribution >= 4 is 22.4 Å². The number of carbonyl (C=O) groups is 1. The van der Waals surface area contributed by atoms with Crippen LogP contribution in [0.3, 0.4) is 0 Å². The van der Waals surface area contributed by atoms with Gasteiger partial charge >= 0.3 is 0 Å². The standard InChI is InChI=1S/C18H23N3O2S/c1-13-12-24-18(19-13)20-16(22)11-21-9-7-15(8-10-21)17(23)14-5-3-2-4-6-14/h2-6,12,15,17,23H,7-11H2,1H3,(H,19,20,22). The number of aromatic nitrogens is 1. The average molecular weight is 345 g/mol. The summed E-state index contributed by atoms with van der Waals surface area (Å²) in [6, 6.07) is 9.82. The van der Waals surface area contributed by atoms with E-state index >= 15 is 0 Å². The van der Waals surface area contributed by atoms with Crippen molar-refractivity contribution in [2.75, 3.05) is 25.0 Å². The SMILES string of the molecule is Cc1csc(NC(=O)CN2CCC(C(O)c3ccccc3)CC2)n1. The van der Waals surface area contributed by atoms with E-state index in [9.17, 15) is 9.90 Å². The summed E-state index contributed by atoms with van der Waals surface area (Å²) >= 11 is 1.45. The number of nitrogens with zero attached hydrogens (tertiary/aromatic N) is 2. The lowest BCUT2D eigenvalue weighted by molar-refractivity contribution is -0.117. The molecule has 0 aliphatic carbocycles. The minimum absolute atomic E-state index is 0.0218. The van der Waals surface area contributed by atoms with Crippen molar-refractivity contribution in [2.45, 2.75) is 25.9 Å². The molecule has 5 nitrogen and oxygen atoms in total. The Labute approximate surface area is 146 Å². The van der Waals surface area contributed by atoms with E-state index in [-0.39, 0.29) is 11.8 Å². The van der Waals surface area contributed by atoms with Crippen LogP contribution in [-0.4, -0.2) is 40.5 Å². The number of aliphatic hydroxyl groups is 1. The summed E-state index contributed by atoms with van der Waals surface area (Å²) in [7, 11) is 0. The topological polar surface area (TPSA) is 65.5 Å². The van der Waals surface area contributed by atoms with Crippen LogP contribution in [0.4, 0.5) is 5.13 Å². The van der Waals surface area contributed by atoms with E-state index in [0.29, 0.717) is 11.7 Å². The van der Waals surface area contributed by atoms with Gasteiger partial charge in [-0.3, -0.25) is 9.69 Å². The van der Waals surface area contributed by atoms with Gasteiger partial charge < -0.3 is 10.4 Å². The molecule has 2 N–H and O–H groups in total. The molecule has 1 aromatic carbocycles. The van der Waals surface area contributed by atoms with E-state index in [1.807, 2.05) is 42.6 Å². The predicted octanol–water partition coefficient (Wildman–Crippen LogP) is 2.84. The number of nitrogens with one attached hydrogen (secondary N) is 1. The lowest BCUT2D eigenvalue weighted by Gasteiger charge is -2.33. The van der Waals surface area contributed by atoms with Crippen LogP contribution in [0.25, 0.3) is 0 Å². The minimum atomic E-state index is -0.416. The molecule has 2 aromatic rings. The zero-order valence-electron chi connectivity index (χ0n) is 13.8. The van der Waals surface area contributed by atoms with Gasteiger partial charge in [0, 0.05) is 5.38 Å². The fraction of sp³-hybridized carbons (Fsp3) is 0.444. The van der Waals surface area contributed by atoms with Gasteiger partial charge in [0.1, 0.15) is 0 Å². The molecule has 24 heavy (non-hydrogen) atoms. The second-order valence-electron chi connectivity index (χ2n) is 6.31. The third kappa shape index (κ3) is 4.41. The van der Waals surface area contributed by atoms with Crippen LogP contribution < -0.4 is 5.32 Å². The van der Waals surface area contributed by atoms with E-state index in [1.165, 1.54) is 11.3 Å². The van der Waals surface area contributed by atoms with Crippen LogP contribution in [0.15, 0.2) is 35.7 Å². The highest BCUT2D eigenvalue weighted by atomic mass is 32.1. The third-order valence-electron chi connectivity index (χ3n) is 4.45. The highest BCUT2D eigenvalue weighted by molar-refractivity contribution is 7.13. The molecule has 2 heterocycles. The van der Waals surface area contributed by atoms with E-state index in [0.717, 1.165) is 37.2 Å². The molecule has 3 rings (SSSR count). The fourth-order valence-corrected chi connectivity index (χ4v) is 3.83. The van der Waals surface area contributed by atoms with Gasteiger partial charge in [0.25, 0.3) is 0 Å². The number of aliphatic hydroxyl groups excluding tert-OH is 1. The van der Waals surface area contributed by atoms with Crippen LogP contribution in [0.2, 0.25) is 0 Å². The van der Waals surface area contributed by atoms with Gasteiger partial charge in [-0.2, -0.15) is 0 Å². The quantitative estimate of drug-likeness (QED) is 0.874. The highest BCUT2D eigenvalue weighted by Crippen LogP contribution is 2.30. The summed E-state index contributed by atoms with van der Waals surface area (Å²) in [6.45, 7) is 3.96. The molecule has 128 valence electrons. The number of hydrogen-bond acceptors (Lipinski definition) is 5. The molecule has 1 saturated heterocycles. The smallest absolute Gasteiger partial charge is 0.240 e. The monoisotopic (exact) mass is 345 g/mol. The van der Waals surface area contributed by atoms with Crippen molar-refractivity contribution in [1.82, 2.24) is 9.88 Å². The number of hydrogen-bond donors (Lipinski definition) is 2. The van der Waals surface area contributed by atoms with Gasteiger partial charge in [-0.1, -0.05) is 30.3 Å². The first-order valence-corrected chi connectivity index (χ1v) is 9.17. The van der Waals surface area contributed by atoms with Gasteiger partial charge in [0.15, 0.2) is 5.13 Å². The fourth-order valence-electron chi connectivity index (χ4n) is 3.12. The molecule has 1 aliphatic rings. The first kappa shape index (κ1) is 17.1. The molecule has 0 radical (unpaired) electrons. The summed E-state index contributed by atoms with van der Waals surface area (Å²) in [5.74, 6) is 0.236. The number of amides is 1. The van der Waals surface area contributed by atoms with Crippen LogP contribution >= 0.6 is 11.3 Å². The minimum Gasteiger partial charge on any atom is -0.388 e. The number of likely N-dealkylation sites (tertiary alicyclic amines) is 1. The zero-order valence-corrected chi connectivity index (χ0v) is 14.6. The summed E-state index contributed by atoms with van der Waals surface area (Å²) in [6.07, 6.45) is 1.39. The molecule has 1 atom stereocenters. The summed E-state index contributed by atoms with van der Waals surface area (Å²) in [4.78, 5) is 18.5. The first-order valence-electron chi connectivity index (χ1n) is 8.29. The Morgan fingerprint density at radius 3 is 2.71 bits per heavy atom. The van der Waals surface area contributed by atoms with Crippen molar-refractivity contribution in [3.05, 3.63) is 47.0 Å². The van der Waals surface area contributed by atoms with E-state index in [2.05, 4.69) is 15.2 Å². The first-order chi connectivity index (χ1) is 11.6. The maximum absolute atomic E-state index is 12.1. The van der Waals surface area contributed by atoms with E-state index in [1.54, 1.807) is 0 Å². The van der Waals surface area contributed by atoms with Gasteiger partial charge in [0.2, 0.25) is 5.91 Å². The third-order valence-corrected chi connectivity index (χ3v) is 5.33. The average Bonchev–Trinajstić information content (AvgIpc) is 3.00. The van der Waals surface area contributed by atoms with Crippen LogP contribution in [0.1, 0.15) is 30.2 Å². The maximum Gasteiger partial charge on any atom is 0.240 e. The molecule has 1 aromatic heterocycles. The largest absolute Gasteiger partial charge is 0.388 e. The van der Waals surface area contributed by atoms with Crippen molar-refractivity contribution < 1.29 is 9.90 Å². The Morgan fingerprint density at radius 1 is 1.38 bits per heavy atom. The number of benzene rings is 1. The van der Waals surface area contributed by atoms with Gasteiger partial charge in [0.05, 0.1) is 18.3 Å². The van der Waals surface area contributed by atoms with E-state index < -0.39 is 6.10 Å². The van der Waals surface area contributed by atoms with Crippen molar-refractivity contribution in [3.8, 4) is 0 Å². The van der Waals surface area contributed by atoms with Gasteiger partial charge in [-0.15, -0.1) is 11.3 Å². The van der Waals surface area contributed by atoms with Gasteiger partial charge in [-0.05, 0) is 44.3 Å². The summed E-state index contributed by atoms with van der Waals surface area (Å²) in [5, 5.41) is 15.9. The molecule has 0 saturated carbocycles. The Morgan fingerprint density at radius 2 is 2.08 bits per heavy atom. The summed E-state index contributed by atoms with van der Waals surface area (Å²) < 4.78 is 0. The molecule has 1 unspecified atom stereocenters. The Hall–Kier alpha value is -1.76. The van der Waals surface area contributed by atoms with Crippen molar-refractivity contribution in [3.63, 3.8) is 0 Å². The molecule has 0 spiro atoms. The molecular formula is C18H23N3O2S. The molecule has 1 amide bonds. The number of piperidine rings is 1. The molecule has 1 fully saturated rings. The number of thiazole rings is 1. The lowest BCUT2D eigenvalue weighted by Crippen LogP contribution is -2.40. The molecule has 1 aliphatic heterocycles. The Kier molecular flexibility index (Phi) is 5.60. The Bertz CT molecular complexity index is 666. The second kappa shape index (κ2) is 7.88. The van der Waals surface area contributed by atoms with Crippen molar-refractivity contribution in [2.24, 2.45) is 5.92 Å². The number of carbonyl (C=O) groups excluding carboxylic acids is 1. The Balaban J connectivity index is 1.46. The zero-order chi connectivity index (χ0) is 16.9. The summed E-state index contributed by atoms with van der Waals surface area (Å²) in [5.41, 5.74) is 1.90. The van der Waals surface area contributed by atoms with Crippen molar-refractivity contribution in [1.29, 1.82) is 0 Å². The van der Waals surface area contributed by atoms with Crippen LogP contribution in [0, 0.1) is 12.8 Å². The number of rotatable bonds is 5. The lowest BCUT2D eigenvalue weighted by atomic mass is 9.87. The molecular weight excluding hydrogens is 322 g/mol. The molecule has 0 bridgehead atoms. The van der Waals surface area contributed by atoms with E-state index in [4.69, 9.17) is 0 Å². The highest BCUT2D eigenvalue weighted by Gasteiger charge is 2.27. The molecule has 6 heteroatoms. The second-order valence-corrected chi connectivity index (χ2v) is 7.17. The van der Waals surface area contributed by atoms with Crippen LogP contribution in [0.5, 0.6) is 0 Å². The normalized spacial score (nSPS) is 17.6. The number of anilines is 1. The number of aryl methyl sites for hydroxylation is 1. The van der Waals surface area contributed by atoms with Gasteiger partial charge in [-0.25, -0.2) is 4.98 Å². The predicted molar refractivity (Wildman–Crippen MR) is 96.0 cm³/mol.